The summed E-state index contributed by atoms with van der Waals surface area (Å²) in [5.74, 6) is -2.10. The molecule has 2 rings (SSSR count). The minimum atomic E-state index is -1.35. The van der Waals surface area contributed by atoms with E-state index in [0.717, 1.165) is 0 Å². The first-order valence-corrected chi connectivity index (χ1v) is 8.69. The molecule has 2 atom stereocenters. The van der Waals surface area contributed by atoms with Gasteiger partial charge in [-0.1, -0.05) is 39.8 Å². The van der Waals surface area contributed by atoms with Crippen LogP contribution in [0.2, 0.25) is 0 Å². The van der Waals surface area contributed by atoms with Gasteiger partial charge in [-0.3, -0.25) is 14.2 Å². The van der Waals surface area contributed by atoms with Crippen LogP contribution in [0.15, 0.2) is 35.4 Å². The number of nitrogens with one attached hydrogen (secondary N) is 1. The van der Waals surface area contributed by atoms with Crippen LogP contribution in [0.4, 0.5) is 0 Å². The van der Waals surface area contributed by atoms with Gasteiger partial charge in [0.25, 0.3) is 5.56 Å². The number of fused-ring (bicyclic) bond motifs is 1. The Balaban J connectivity index is 2.44. The van der Waals surface area contributed by atoms with E-state index in [0.29, 0.717) is 17.3 Å². The SMILES string of the molecule is CC(C)C[C@H](C(=O)N[C@H](C(=O)[O-])C(C)C)n1cnc2ccccc2c1=O. The van der Waals surface area contributed by atoms with Crippen LogP contribution in [0.1, 0.15) is 40.2 Å². The maximum Gasteiger partial charge on any atom is 0.261 e. The van der Waals surface area contributed by atoms with E-state index in [2.05, 4.69) is 10.3 Å². The highest BCUT2D eigenvalue weighted by molar-refractivity contribution is 5.86. The summed E-state index contributed by atoms with van der Waals surface area (Å²) in [6, 6.07) is 4.93. The number of para-hydroxylation sites is 1. The van der Waals surface area contributed by atoms with E-state index in [1.807, 2.05) is 13.8 Å². The molecule has 1 aromatic heterocycles. The Labute approximate surface area is 152 Å². The van der Waals surface area contributed by atoms with Gasteiger partial charge in [0.15, 0.2) is 0 Å². The normalized spacial score (nSPS) is 13.8. The minimum absolute atomic E-state index is 0.115. The predicted molar refractivity (Wildman–Crippen MR) is 96.3 cm³/mol. The van der Waals surface area contributed by atoms with Crippen molar-refractivity contribution in [1.82, 2.24) is 14.9 Å². The maximum absolute atomic E-state index is 12.8. The van der Waals surface area contributed by atoms with Gasteiger partial charge in [0.1, 0.15) is 6.04 Å². The summed E-state index contributed by atoms with van der Waals surface area (Å²) in [7, 11) is 0. The molecule has 0 saturated heterocycles. The number of hydrogen-bond donors (Lipinski definition) is 1. The highest BCUT2D eigenvalue weighted by Gasteiger charge is 2.27. The molecule has 0 aliphatic rings. The summed E-state index contributed by atoms with van der Waals surface area (Å²) in [6.07, 6.45) is 1.73. The number of carboxylic acids is 1. The second-order valence-electron chi connectivity index (χ2n) is 7.17. The smallest absolute Gasteiger partial charge is 0.261 e. The van der Waals surface area contributed by atoms with Crippen molar-refractivity contribution in [3.05, 3.63) is 40.9 Å². The van der Waals surface area contributed by atoms with E-state index < -0.39 is 24.0 Å². The summed E-state index contributed by atoms with van der Waals surface area (Å²) < 4.78 is 1.28. The fraction of sp³-hybridized carbons (Fsp3) is 0.474. The number of aliphatic carboxylic acids is 1. The topological polar surface area (TPSA) is 104 Å². The molecule has 0 aliphatic carbocycles. The van der Waals surface area contributed by atoms with Gasteiger partial charge in [-0.05, 0) is 30.4 Å². The van der Waals surface area contributed by atoms with E-state index in [1.165, 1.54) is 10.9 Å². The van der Waals surface area contributed by atoms with Gasteiger partial charge < -0.3 is 15.2 Å². The van der Waals surface area contributed by atoms with Crippen LogP contribution in [0.3, 0.4) is 0 Å². The number of carbonyl (C=O) groups is 2. The Hall–Kier alpha value is -2.70. The first kappa shape index (κ1) is 19.6. The number of aromatic nitrogens is 2. The second kappa shape index (κ2) is 8.12. The number of nitrogens with zero attached hydrogens (tertiary/aromatic N) is 2. The summed E-state index contributed by atoms with van der Waals surface area (Å²) in [5, 5.41) is 14.2. The molecule has 26 heavy (non-hydrogen) atoms. The maximum atomic E-state index is 12.8. The van der Waals surface area contributed by atoms with E-state index in [1.54, 1.807) is 38.1 Å². The lowest BCUT2D eigenvalue weighted by atomic mass is 10.00. The molecule has 2 aromatic rings. The molecule has 0 fully saturated rings. The first-order chi connectivity index (χ1) is 12.2. The summed E-state index contributed by atoms with van der Waals surface area (Å²) >= 11 is 0. The van der Waals surface area contributed by atoms with E-state index in [9.17, 15) is 19.5 Å². The number of carboxylic acid groups (broad SMARTS) is 1. The Morgan fingerprint density at radius 3 is 2.42 bits per heavy atom. The van der Waals surface area contributed by atoms with Crippen molar-refractivity contribution < 1.29 is 14.7 Å². The first-order valence-electron chi connectivity index (χ1n) is 8.69. The summed E-state index contributed by atoms with van der Waals surface area (Å²) in [6.45, 7) is 7.22. The standard InChI is InChI=1S/C19H25N3O4/c1-11(2)9-15(17(23)21-16(12(3)4)19(25)26)22-10-20-14-8-6-5-7-13(14)18(22)24/h5-8,10-12,15-16H,9H2,1-4H3,(H,21,23)(H,25,26)/p-1/t15-,16+/m1/s1. The van der Waals surface area contributed by atoms with Gasteiger partial charge in [0.05, 0.1) is 29.2 Å². The second-order valence-corrected chi connectivity index (χ2v) is 7.17. The average molecular weight is 358 g/mol. The van der Waals surface area contributed by atoms with Crippen molar-refractivity contribution in [2.24, 2.45) is 11.8 Å². The fourth-order valence-electron chi connectivity index (χ4n) is 2.85. The van der Waals surface area contributed by atoms with Crippen LogP contribution in [0.5, 0.6) is 0 Å². The van der Waals surface area contributed by atoms with Crippen molar-refractivity contribution in [2.75, 3.05) is 0 Å². The number of rotatable bonds is 7. The van der Waals surface area contributed by atoms with Gasteiger partial charge >= 0.3 is 0 Å². The Bertz CT molecular complexity index is 857. The third kappa shape index (κ3) is 4.28. The largest absolute Gasteiger partial charge is 0.548 e. The molecule has 7 heteroatoms. The molecule has 1 aromatic carbocycles. The molecule has 0 spiro atoms. The molecular formula is C19H24N3O4-. The van der Waals surface area contributed by atoms with Gasteiger partial charge in [0.2, 0.25) is 5.91 Å². The summed E-state index contributed by atoms with van der Waals surface area (Å²) in [4.78, 5) is 41.2. The van der Waals surface area contributed by atoms with Crippen molar-refractivity contribution >= 4 is 22.8 Å². The molecule has 0 radical (unpaired) electrons. The number of hydrogen-bond acceptors (Lipinski definition) is 5. The van der Waals surface area contributed by atoms with Crippen LogP contribution in [0.25, 0.3) is 10.9 Å². The zero-order valence-electron chi connectivity index (χ0n) is 15.4. The third-order valence-corrected chi connectivity index (χ3v) is 4.24. The molecule has 1 amide bonds. The quantitative estimate of drug-likeness (QED) is 0.791. The Morgan fingerprint density at radius 1 is 1.19 bits per heavy atom. The lowest BCUT2D eigenvalue weighted by molar-refractivity contribution is -0.309. The van der Waals surface area contributed by atoms with Crippen molar-refractivity contribution in [3.8, 4) is 0 Å². The zero-order valence-corrected chi connectivity index (χ0v) is 15.4. The van der Waals surface area contributed by atoms with Crippen LogP contribution < -0.4 is 16.0 Å². The molecular weight excluding hydrogens is 334 g/mol. The highest BCUT2D eigenvalue weighted by Crippen LogP contribution is 2.18. The number of amides is 1. The molecule has 0 aliphatic heterocycles. The lowest BCUT2D eigenvalue weighted by Crippen LogP contribution is -2.53. The van der Waals surface area contributed by atoms with Crippen LogP contribution in [-0.2, 0) is 9.59 Å². The van der Waals surface area contributed by atoms with Crippen molar-refractivity contribution in [3.63, 3.8) is 0 Å². The molecule has 140 valence electrons. The number of carbonyl (C=O) groups excluding carboxylic acids is 2. The van der Waals surface area contributed by atoms with Crippen molar-refractivity contribution in [2.45, 2.75) is 46.2 Å². The van der Waals surface area contributed by atoms with Crippen LogP contribution in [0, 0.1) is 11.8 Å². The van der Waals surface area contributed by atoms with Crippen LogP contribution in [-0.4, -0.2) is 27.5 Å². The molecule has 0 unspecified atom stereocenters. The fourth-order valence-corrected chi connectivity index (χ4v) is 2.85. The highest BCUT2D eigenvalue weighted by atomic mass is 16.4. The molecule has 1 N–H and O–H groups in total. The monoisotopic (exact) mass is 358 g/mol. The van der Waals surface area contributed by atoms with E-state index >= 15 is 0 Å². The molecule has 0 saturated carbocycles. The van der Waals surface area contributed by atoms with Gasteiger partial charge in [-0.2, -0.15) is 0 Å². The van der Waals surface area contributed by atoms with E-state index in [-0.39, 0.29) is 17.4 Å². The van der Waals surface area contributed by atoms with Gasteiger partial charge in [0, 0.05) is 0 Å². The zero-order chi connectivity index (χ0) is 19.4. The molecule has 1 heterocycles. The van der Waals surface area contributed by atoms with Crippen LogP contribution >= 0.6 is 0 Å². The third-order valence-electron chi connectivity index (χ3n) is 4.24. The molecule has 0 bridgehead atoms. The Kier molecular flexibility index (Phi) is 6.13. The molecule has 7 nitrogen and oxygen atoms in total. The lowest BCUT2D eigenvalue weighted by Gasteiger charge is -2.27. The Morgan fingerprint density at radius 2 is 1.85 bits per heavy atom. The van der Waals surface area contributed by atoms with E-state index in [4.69, 9.17) is 0 Å². The van der Waals surface area contributed by atoms with Crippen molar-refractivity contribution in [1.29, 1.82) is 0 Å². The summed E-state index contributed by atoms with van der Waals surface area (Å²) in [5.41, 5.74) is 0.221. The number of benzene rings is 1. The minimum Gasteiger partial charge on any atom is -0.548 e. The average Bonchev–Trinajstić information content (AvgIpc) is 2.57. The van der Waals surface area contributed by atoms with Gasteiger partial charge in [-0.15, -0.1) is 0 Å². The predicted octanol–water partition coefficient (Wildman–Crippen LogP) is 0.874. The van der Waals surface area contributed by atoms with Gasteiger partial charge in [-0.25, -0.2) is 4.98 Å².